The maximum atomic E-state index is 12.6. The predicted octanol–water partition coefficient (Wildman–Crippen LogP) is 4.97. The van der Waals surface area contributed by atoms with E-state index in [4.69, 9.17) is 9.72 Å². The maximum absolute atomic E-state index is 12.6. The van der Waals surface area contributed by atoms with Crippen LogP contribution >= 0.6 is 0 Å². The third-order valence-electron chi connectivity index (χ3n) is 7.22. The molecule has 1 atom stereocenters. The quantitative estimate of drug-likeness (QED) is 0.479. The van der Waals surface area contributed by atoms with Crippen molar-refractivity contribution in [1.82, 2.24) is 24.6 Å². The number of amides is 1. The normalized spacial score (nSPS) is 16.6. The summed E-state index contributed by atoms with van der Waals surface area (Å²) in [7, 11) is 1.59. The Balaban J connectivity index is 1.35. The monoisotopic (exact) mass is 485 g/mol. The number of rotatable bonds is 8. The second-order valence-corrected chi connectivity index (χ2v) is 9.50. The molecule has 186 valence electrons. The minimum absolute atomic E-state index is 0.0680. The topological polar surface area (TPSA) is 109 Å². The van der Waals surface area contributed by atoms with E-state index in [0.29, 0.717) is 35.3 Å². The van der Waals surface area contributed by atoms with Crippen molar-refractivity contribution in [2.24, 2.45) is 5.92 Å². The van der Waals surface area contributed by atoms with Crippen LogP contribution in [-0.2, 0) is 0 Å². The molecule has 9 heteroatoms. The Kier molecular flexibility index (Phi) is 7.12. The van der Waals surface area contributed by atoms with Crippen LogP contribution in [0.4, 0.5) is 11.6 Å². The molecule has 1 unspecified atom stereocenters. The Morgan fingerprint density at radius 1 is 1.17 bits per heavy atom. The van der Waals surface area contributed by atoms with Crippen LogP contribution < -0.4 is 10.1 Å². The number of likely N-dealkylation sites (tertiary alicyclic amines) is 1. The van der Waals surface area contributed by atoms with Gasteiger partial charge in [0.25, 0.3) is 5.91 Å². The predicted molar refractivity (Wildman–Crippen MR) is 136 cm³/mol. The van der Waals surface area contributed by atoms with Gasteiger partial charge >= 0.3 is 0 Å². The van der Waals surface area contributed by atoms with E-state index < -0.39 is 0 Å². The zero-order chi connectivity index (χ0) is 24.9. The van der Waals surface area contributed by atoms with E-state index >= 15 is 0 Å². The first-order valence-electron chi connectivity index (χ1n) is 12.6. The molecule has 0 bridgehead atoms. The molecule has 1 aliphatic heterocycles. The molecule has 2 fully saturated rings. The Bertz CT molecular complexity index is 1240. The van der Waals surface area contributed by atoms with Crippen molar-refractivity contribution in [2.45, 2.75) is 51.0 Å². The molecule has 1 saturated heterocycles. The summed E-state index contributed by atoms with van der Waals surface area (Å²) < 4.78 is 7.44. The Labute approximate surface area is 211 Å². The highest BCUT2D eigenvalue weighted by Gasteiger charge is 2.27. The SMILES string of the molecule is COc1cnc(Nc2ccc(C(=O)N3CCCC3)cc2)nc1-c1cnn(C(CC#N)C2CCCC2)c1. The summed E-state index contributed by atoms with van der Waals surface area (Å²) in [5, 5.41) is 17.2. The van der Waals surface area contributed by atoms with Crippen molar-refractivity contribution in [3.05, 3.63) is 48.4 Å². The van der Waals surface area contributed by atoms with Crippen molar-refractivity contribution in [2.75, 3.05) is 25.5 Å². The maximum Gasteiger partial charge on any atom is 0.253 e. The number of nitriles is 1. The van der Waals surface area contributed by atoms with Gasteiger partial charge in [-0.3, -0.25) is 9.48 Å². The van der Waals surface area contributed by atoms with E-state index in [9.17, 15) is 10.1 Å². The average Bonchev–Trinajstić information content (AvgIpc) is 3.70. The number of hydrogen-bond donors (Lipinski definition) is 1. The van der Waals surface area contributed by atoms with Crippen molar-refractivity contribution in [1.29, 1.82) is 5.26 Å². The molecule has 0 radical (unpaired) electrons. The molecule has 5 rings (SSSR count). The van der Waals surface area contributed by atoms with Crippen molar-refractivity contribution in [3.8, 4) is 23.1 Å². The summed E-state index contributed by atoms with van der Waals surface area (Å²) in [5.41, 5.74) is 2.91. The molecule has 1 N–H and O–H groups in total. The van der Waals surface area contributed by atoms with Crippen molar-refractivity contribution >= 4 is 17.5 Å². The number of ether oxygens (including phenoxy) is 1. The van der Waals surface area contributed by atoms with Gasteiger partial charge in [0.15, 0.2) is 5.75 Å². The number of aromatic nitrogens is 4. The van der Waals surface area contributed by atoms with Gasteiger partial charge in [0.2, 0.25) is 5.95 Å². The fraction of sp³-hybridized carbons (Fsp3) is 0.444. The molecular weight excluding hydrogens is 454 g/mol. The summed E-state index contributed by atoms with van der Waals surface area (Å²) in [6, 6.07) is 9.79. The molecule has 3 heterocycles. The second-order valence-electron chi connectivity index (χ2n) is 9.50. The lowest BCUT2D eigenvalue weighted by Gasteiger charge is -2.21. The minimum Gasteiger partial charge on any atom is -0.493 e. The average molecular weight is 486 g/mol. The molecule has 9 nitrogen and oxygen atoms in total. The number of benzene rings is 1. The van der Waals surface area contributed by atoms with Gasteiger partial charge in [-0.2, -0.15) is 10.4 Å². The third kappa shape index (κ3) is 5.03. The molecule has 2 aromatic heterocycles. The van der Waals surface area contributed by atoms with Gasteiger partial charge in [0.1, 0.15) is 5.69 Å². The number of anilines is 2. The molecular formula is C27H31N7O2. The van der Waals surface area contributed by atoms with E-state index in [1.807, 2.05) is 40.0 Å². The first-order valence-corrected chi connectivity index (χ1v) is 12.6. The van der Waals surface area contributed by atoms with E-state index in [-0.39, 0.29) is 11.9 Å². The first kappa shape index (κ1) is 23.8. The highest BCUT2D eigenvalue weighted by atomic mass is 16.5. The highest BCUT2D eigenvalue weighted by molar-refractivity contribution is 5.94. The largest absolute Gasteiger partial charge is 0.493 e. The second kappa shape index (κ2) is 10.8. The number of carbonyl (C=O) groups is 1. The van der Waals surface area contributed by atoms with Crippen LogP contribution in [0.25, 0.3) is 11.3 Å². The van der Waals surface area contributed by atoms with Gasteiger partial charge in [0, 0.05) is 36.1 Å². The van der Waals surface area contributed by atoms with Crippen LogP contribution in [0.2, 0.25) is 0 Å². The van der Waals surface area contributed by atoms with Crippen LogP contribution in [0.1, 0.15) is 61.3 Å². The molecule has 2 aliphatic rings. The fourth-order valence-electron chi connectivity index (χ4n) is 5.27. The number of hydrogen-bond acceptors (Lipinski definition) is 7. The standard InChI is InChI=1S/C27H31N7O2/c1-36-24-17-29-27(31-22-10-8-20(9-11-22)26(35)33-14-4-5-15-33)32-25(24)21-16-30-34(18-21)23(12-13-28)19-6-2-3-7-19/h8-11,16-19,23H,2-7,12,14-15H2,1H3,(H,29,31,32). The van der Waals surface area contributed by atoms with Gasteiger partial charge < -0.3 is 15.0 Å². The molecule has 36 heavy (non-hydrogen) atoms. The van der Waals surface area contributed by atoms with Crippen molar-refractivity contribution < 1.29 is 9.53 Å². The van der Waals surface area contributed by atoms with E-state index in [0.717, 1.165) is 50.0 Å². The number of carbonyl (C=O) groups excluding carboxylic acids is 1. The minimum atomic E-state index is 0.0680. The number of nitrogens with zero attached hydrogens (tertiary/aromatic N) is 6. The molecule has 1 aliphatic carbocycles. The lowest BCUT2D eigenvalue weighted by atomic mass is 9.96. The summed E-state index contributed by atoms with van der Waals surface area (Å²) in [6.45, 7) is 1.66. The van der Waals surface area contributed by atoms with Crippen LogP contribution in [0.3, 0.4) is 0 Å². The number of nitrogens with one attached hydrogen (secondary N) is 1. The van der Waals surface area contributed by atoms with Gasteiger partial charge in [-0.25, -0.2) is 9.97 Å². The third-order valence-corrected chi connectivity index (χ3v) is 7.22. The molecule has 0 spiro atoms. The smallest absolute Gasteiger partial charge is 0.253 e. The highest BCUT2D eigenvalue weighted by Crippen LogP contribution is 2.37. The van der Waals surface area contributed by atoms with Crippen LogP contribution in [0.5, 0.6) is 5.75 Å². The Morgan fingerprint density at radius 2 is 1.92 bits per heavy atom. The van der Waals surface area contributed by atoms with E-state index in [1.54, 1.807) is 19.5 Å². The summed E-state index contributed by atoms with van der Waals surface area (Å²) >= 11 is 0. The first-order chi connectivity index (χ1) is 17.7. The van der Waals surface area contributed by atoms with Crippen LogP contribution in [0, 0.1) is 17.2 Å². The number of methoxy groups -OCH3 is 1. The summed E-state index contributed by atoms with van der Waals surface area (Å²) in [6.07, 6.45) is 12.6. The van der Waals surface area contributed by atoms with Crippen LogP contribution in [-0.4, -0.2) is 50.8 Å². The Morgan fingerprint density at radius 3 is 2.61 bits per heavy atom. The zero-order valence-electron chi connectivity index (χ0n) is 20.6. The van der Waals surface area contributed by atoms with E-state index in [1.165, 1.54) is 12.8 Å². The Hall–Kier alpha value is -3.93. The van der Waals surface area contributed by atoms with Gasteiger partial charge in [-0.05, 0) is 55.9 Å². The lowest BCUT2D eigenvalue weighted by Crippen LogP contribution is -2.27. The zero-order valence-corrected chi connectivity index (χ0v) is 20.6. The van der Waals surface area contributed by atoms with Gasteiger partial charge in [-0.15, -0.1) is 0 Å². The fourth-order valence-corrected chi connectivity index (χ4v) is 5.27. The molecule has 1 aromatic carbocycles. The van der Waals surface area contributed by atoms with Crippen molar-refractivity contribution in [3.63, 3.8) is 0 Å². The van der Waals surface area contributed by atoms with Gasteiger partial charge in [0.05, 0.1) is 38.0 Å². The summed E-state index contributed by atoms with van der Waals surface area (Å²) in [4.78, 5) is 23.6. The van der Waals surface area contributed by atoms with Crippen LogP contribution in [0.15, 0.2) is 42.9 Å². The lowest BCUT2D eigenvalue weighted by molar-refractivity contribution is 0.0793. The molecule has 1 saturated carbocycles. The molecule has 3 aromatic rings. The van der Waals surface area contributed by atoms with E-state index in [2.05, 4.69) is 21.5 Å². The molecule has 1 amide bonds. The summed E-state index contributed by atoms with van der Waals surface area (Å²) in [5.74, 6) is 1.51. The van der Waals surface area contributed by atoms with Gasteiger partial charge in [-0.1, -0.05) is 12.8 Å².